The van der Waals surface area contributed by atoms with Crippen molar-refractivity contribution >= 4 is 0 Å². The number of hydrogen-bond acceptors (Lipinski definition) is 2. The zero-order valence-corrected chi connectivity index (χ0v) is 9.33. The Morgan fingerprint density at radius 1 is 1.27 bits per heavy atom. The summed E-state index contributed by atoms with van der Waals surface area (Å²) in [6, 6.07) is 8.13. The molecule has 1 rings (SSSR count). The molecule has 0 unspecified atom stereocenters. The van der Waals surface area contributed by atoms with Crippen LogP contribution in [-0.4, -0.2) is 30.2 Å². The summed E-state index contributed by atoms with van der Waals surface area (Å²) < 4.78 is 0. The third-order valence-electron chi connectivity index (χ3n) is 2.26. The quantitative estimate of drug-likeness (QED) is 0.752. The molecule has 0 aliphatic heterocycles. The van der Waals surface area contributed by atoms with Gasteiger partial charge < -0.3 is 10.0 Å². The summed E-state index contributed by atoms with van der Waals surface area (Å²) in [4.78, 5) is 2.24. The number of nitrogens with zero attached hydrogens (tertiary/aromatic N) is 1. The fraction of sp³-hybridized carbons (Fsp3) is 0.385. The normalized spacial score (nSPS) is 9.87. The highest BCUT2D eigenvalue weighted by molar-refractivity contribution is 5.36. The first-order valence-corrected chi connectivity index (χ1v) is 5.13. The minimum atomic E-state index is -0.0830. The van der Waals surface area contributed by atoms with Crippen molar-refractivity contribution in [2.45, 2.75) is 13.5 Å². The molecule has 1 aromatic carbocycles. The highest BCUT2D eigenvalue weighted by Crippen LogP contribution is 2.05. The largest absolute Gasteiger partial charge is 0.384 e. The summed E-state index contributed by atoms with van der Waals surface area (Å²) in [6.07, 6.45) is 0. The van der Waals surface area contributed by atoms with Gasteiger partial charge >= 0.3 is 0 Å². The minimum Gasteiger partial charge on any atom is -0.384 e. The first kappa shape index (κ1) is 11.8. The molecule has 0 amide bonds. The summed E-state index contributed by atoms with van der Waals surface area (Å²) in [5.41, 5.74) is 2.24. The van der Waals surface area contributed by atoms with Crippen LogP contribution in [-0.2, 0) is 6.54 Å². The molecule has 0 aliphatic carbocycles. The van der Waals surface area contributed by atoms with Crippen molar-refractivity contribution in [1.82, 2.24) is 4.90 Å². The summed E-state index contributed by atoms with van der Waals surface area (Å²) in [6.45, 7) is 4.07. The molecule has 0 saturated heterocycles. The van der Waals surface area contributed by atoms with Gasteiger partial charge in [-0.3, -0.25) is 0 Å². The van der Waals surface area contributed by atoms with Crippen LogP contribution in [0.5, 0.6) is 0 Å². The van der Waals surface area contributed by atoms with Crippen molar-refractivity contribution in [3.05, 3.63) is 35.4 Å². The second-order valence-corrected chi connectivity index (χ2v) is 3.49. The average molecular weight is 203 g/mol. The highest BCUT2D eigenvalue weighted by Gasteiger charge is 1.96. The van der Waals surface area contributed by atoms with Crippen LogP contribution >= 0.6 is 0 Å². The molecule has 2 heteroatoms. The van der Waals surface area contributed by atoms with Crippen molar-refractivity contribution < 1.29 is 5.11 Å². The minimum absolute atomic E-state index is 0.0830. The number of hydrogen-bond donors (Lipinski definition) is 1. The Morgan fingerprint density at radius 3 is 2.47 bits per heavy atom. The number of benzene rings is 1. The van der Waals surface area contributed by atoms with E-state index < -0.39 is 0 Å². The maximum Gasteiger partial charge on any atom is 0.104 e. The van der Waals surface area contributed by atoms with E-state index in [0.29, 0.717) is 0 Å². The topological polar surface area (TPSA) is 23.5 Å². The molecule has 2 nitrogen and oxygen atoms in total. The van der Waals surface area contributed by atoms with Gasteiger partial charge in [0.05, 0.1) is 0 Å². The molecule has 0 heterocycles. The molecule has 0 atom stereocenters. The van der Waals surface area contributed by atoms with Gasteiger partial charge in [0.1, 0.15) is 6.61 Å². The molecule has 0 spiro atoms. The van der Waals surface area contributed by atoms with E-state index in [1.165, 1.54) is 5.56 Å². The van der Waals surface area contributed by atoms with Crippen LogP contribution in [0, 0.1) is 11.8 Å². The van der Waals surface area contributed by atoms with E-state index >= 15 is 0 Å². The molecule has 1 N–H and O–H groups in total. The van der Waals surface area contributed by atoms with Crippen LogP contribution in [0.4, 0.5) is 0 Å². The zero-order valence-electron chi connectivity index (χ0n) is 9.33. The molecule has 0 fully saturated rings. The number of aliphatic hydroxyl groups is 1. The molecular formula is C13H17NO. The van der Waals surface area contributed by atoms with Crippen LogP contribution in [0.3, 0.4) is 0 Å². The zero-order chi connectivity index (χ0) is 11.1. The third kappa shape index (κ3) is 4.16. The Bertz CT molecular complexity index is 345. The SMILES string of the molecule is CCN(C)Cc1ccc(C#CCO)cc1. The van der Waals surface area contributed by atoms with Crippen molar-refractivity contribution in [1.29, 1.82) is 0 Å². The lowest BCUT2D eigenvalue weighted by Gasteiger charge is -2.13. The van der Waals surface area contributed by atoms with Gasteiger partial charge in [0.25, 0.3) is 0 Å². The molecular weight excluding hydrogens is 186 g/mol. The fourth-order valence-electron chi connectivity index (χ4n) is 1.26. The molecule has 0 aromatic heterocycles. The van der Waals surface area contributed by atoms with Crippen molar-refractivity contribution in [3.63, 3.8) is 0 Å². The lowest BCUT2D eigenvalue weighted by Crippen LogP contribution is -2.16. The van der Waals surface area contributed by atoms with Crippen LogP contribution in [0.2, 0.25) is 0 Å². The molecule has 80 valence electrons. The van der Waals surface area contributed by atoms with Gasteiger partial charge in [-0.25, -0.2) is 0 Å². The van der Waals surface area contributed by atoms with E-state index in [9.17, 15) is 0 Å². The molecule has 0 radical (unpaired) electrons. The van der Waals surface area contributed by atoms with Crippen LogP contribution in [0.15, 0.2) is 24.3 Å². The Hall–Kier alpha value is -1.30. The van der Waals surface area contributed by atoms with Gasteiger partial charge in [0.2, 0.25) is 0 Å². The molecule has 0 bridgehead atoms. The van der Waals surface area contributed by atoms with Crippen LogP contribution in [0.25, 0.3) is 0 Å². The summed E-state index contributed by atoms with van der Waals surface area (Å²) in [7, 11) is 2.10. The van der Waals surface area contributed by atoms with E-state index in [4.69, 9.17) is 5.11 Å². The maximum atomic E-state index is 8.55. The van der Waals surface area contributed by atoms with Crippen molar-refractivity contribution in [3.8, 4) is 11.8 Å². The Labute approximate surface area is 91.5 Å². The first-order valence-electron chi connectivity index (χ1n) is 5.13. The number of rotatable bonds is 3. The molecule has 0 saturated carbocycles. The lowest BCUT2D eigenvalue weighted by atomic mass is 10.1. The summed E-state index contributed by atoms with van der Waals surface area (Å²) in [5, 5.41) is 8.55. The maximum absolute atomic E-state index is 8.55. The van der Waals surface area contributed by atoms with Crippen LogP contribution < -0.4 is 0 Å². The standard InChI is InChI=1S/C13H17NO/c1-3-14(2)11-13-8-6-12(7-9-13)5-4-10-15/h6-9,15H,3,10-11H2,1-2H3. The van der Waals surface area contributed by atoms with E-state index in [-0.39, 0.29) is 6.61 Å². The highest BCUT2D eigenvalue weighted by atomic mass is 16.2. The van der Waals surface area contributed by atoms with Crippen molar-refractivity contribution in [2.75, 3.05) is 20.2 Å². The summed E-state index contributed by atoms with van der Waals surface area (Å²) >= 11 is 0. The number of aliphatic hydroxyl groups excluding tert-OH is 1. The molecule has 1 aromatic rings. The van der Waals surface area contributed by atoms with Gasteiger partial charge in [-0.2, -0.15) is 0 Å². The lowest BCUT2D eigenvalue weighted by molar-refractivity contribution is 0.346. The average Bonchev–Trinajstić information content (AvgIpc) is 2.28. The van der Waals surface area contributed by atoms with Crippen LogP contribution in [0.1, 0.15) is 18.1 Å². The van der Waals surface area contributed by atoms with E-state index in [1.807, 2.05) is 12.1 Å². The van der Waals surface area contributed by atoms with Gasteiger partial charge in [0.15, 0.2) is 0 Å². The monoisotopic (exact) mass is 203 g/mol. The van der Waals surface area contributed by atoms with Gasteiger partial charge in [-0.15, -0.1) is 0 Å². The molecule has 15 heavy (non-hydrogen) atoms. The fourth-order valence-corrected chi connectivity index (χ4v) is 1.26. The Morgan fingerprint density at radius 2 is 1.93 bits per heavy atom. The third-order valence-corrected chi connectivity index (χ3v) is 2.26. The smallest absolute Gasteiger partial charge is 0.104 e. The first-order chi connectivity index (χ1) is 7.26. The van der Waals surface area contributed by atoms with Gasteiger partial charge in [-0.05, 0) is 31.3 Å². The van der Waals surface area contributed by atoms with Gasteiger partial charge in [0, 0.05) is 12.1 Å². The second kappa shape index (κ2) is 6.23. The van der Waals surface area contributed by atoms with Gasteiger partial charge in [-0.1, -0.05) is 30.9 Å². The Balaban J connectivity index is 2.64. The van der Waals surface area contributed by atoms with E-state index in [2.05, 4.69) is 42.8 Å². The van der Waals surface area contributed by atoms with E-state index in [0.717, 1.165) is 18.7 Å². The molecule has 0 aliphatic rings. The predicted octanol–water partition coefficient (Wildman–Crippen LogP) is 1.48. The second-order valence-electron chi connectivity index (χ2n) is 3.49. The van der Waals surface area contributed by atoms with Crippen molar-refractivity contribution in [2.24, 2.45) is 0 Å². The van der Waals surface area contributed by atoms with E-state index in [1.54, 1.807) is 0 Å². The predicted molar refractivity (Wildman–Crippen MR) is 62.4 cm³/mol. The Kier molecular flexibility index (Phi) is 4.89. The summed E-state index contributed by atoms with van der Waals surface area (Å²) in [5.74, 6) is 5.51.